The summed E-state index contributed by atoms with van der Waals surface area (Å²) in [5, 5.41) is 10.4. The summed E-state index contributed by atoms with van der Waals surface area (Å²) < 4.78 is 6.02. The average molecular weight is 346 g/mol. The van der Waals surface area contributed by atoms with Gasteiger partial charge in [-0.1, -0.05) is 36.4 Å². The van der Waals surface area contributed by atoms with Crippen molar-refractivity contribution in [3.63, 3.8) is 0 Å². The Morgan fingerprint density at radius 3 is 2.81 bits per heavy atom. The summed E-state index contributed by atoms with van der Waals surface area (Å²) in [4.78, 5) is 11.8. The molecule has 3 aromatic rings. The van der Waals surface area contributed by atoms with Gasteiger partial charge in [0.25, 0.3) is 0 Å². The van der Waals surface area contributed by atoms with E-state index >= 15 is 0 Å². The van der Waals surface area contributed by atoms with E-state index in [0.717, 1.165) is 20.9 Å². The van der Waals surface area contributed by atoms with E-state index in [-0.39, 0.29) is 6.61 Å². The van der Waals surface area contributed by atoms with Crippen molar-refractivity contribution in [3.05, 3.63) is 58.6 Å². The zero-order chi connectivity index (χ0) is 14.7. The highest BCUT2D eigenvalue weighted by atomic mass is 79.9. The molecule has 2 N–H and O–H groups in total. The van der Waals surface area contributed by atoms with Gasteiger partial charge in [0, 0.05) is 4.47 Å². The van der Waals surface area contributed by atoms with E-state index in [1.165, 1.54) is 0 Å². The molecule has 21 heavy (non-hydrogen) atoms. The standard InChI is InChI=1S/C15H12BrN3O2/c16-11-7-4-8-12-13(11)14(19-18-12)17-15(20)21-9-10-5-2-1-3-6-10/h1-8H,9H2,(H2,17,18,19,20). The lowest BCUT2D eigenvalue weighted by Crippen LogP contribution is -2.14. The lowest BCUT2D eigenvalue weighted by atomic mass is 10.2. The van der Waals surface area contributed by atoms with Crippen LogP contribution in [0, 0.1) is 0 Å². The molecule has 6 heteroatoms. The minimum Gasteiger partial charge on any atom is -0.444 e. The molecule has 2 aromatic carbocycles. The van der Waals surface area contributed by atoms with Gasteiger partial charge in [-0.15, -0.1) is 0 Å². The number of halogens is 1. The highest BCUT2D eigenvalue weighted by Gasteiger charge is 2.12. The van der Waals surface area contributed by atoms with Gasteiger partial charge in [0.05, 0.1) is 10.9 Å². The maximum atomic E-state index is 11.8. The van der Waals surface area contributed by atoms with Crippen LogP contribution in [0.15, 0.2) is 53.0 Å². The highest BCUT2D eigenvalue weighted by Crippen LogP contribution is 2.28. The Bertz CT molecular complexity index is 771. The molecule has 0 unspecified atom stereocenters. The van der Waals surface area contributed by atoms with Crippen molar-refractivity contribution in [3.8, 4) is 0 Å². The van der Waals surface area contributed by atoms with E-state index in [0.29, 0.717) is 5.82 Å². The maximum absolute atomic E-state index is 11.8. The molecule has 0 atom stereocenters. The van der Waals surface area contributed by atoms with E-state index in [1.807, 2.05) is 48.5 Å². The molecule has 0 spiro atoms. The van der Waals surface area contributed by atoms with Crippen molar-refractivity contribution in [1.29, 1.82) is 0 Å². The largest absolute Gasteiger partial charge is 0.444 e. The molecule has 0 radical (unpaired) electrons. The van der Waals surface area contributed by atoms with E-state index in [1.54, 1.807) is 0 Å². The Balaban J connectivity index is 1.69. The normalized spacial score (nSPS) is 10.5. The van der Waals surface area contributed by atoms with Gasteiger partial charge in [0.2, 0.25) is 0 Å². The number of aromatic amines is 1. The van der Waals surface area contributed by atoms with Crippen molar-refractivity contribution < 1.29 is 9.53 Å². The summed E-state index contributed by atoms with van der Waals surface area (Å²) in [5.74, 6) is 0.440. The quantitative estimate of drug-likeness (QED) is 0.751. The van der Waals surface area contributed by atoms with Crippen molar-refractivity contribution >= 4 is 38.7 Å². The predicted molar refractivity (Wildman–Crippen MR) is 84.0 cm³/mol. The number of H-pyrrole nitrogens is 1. The molecule has 0 fully saturated rings. The van der Waals surface area contributed by atoms with E-state index in [2.05, 4.69) is 31.4 Å². The second kappa shape index (κ2) is 5.97. The number of carbonyl (C=O) groups excluding carboxylic acids is 1. The second-order valence-electron chi connectivity index (χ2n) is 4.42. The summed E-state index contributed by atoms with van der Waals surface area (Å²) in [6.45, 7) is 0.218. The summed E-state index contributed by atoms with van der Waals surface area (Å²) in [6, 6.07) is 15.2. The molecule has 5 nitrogen and oxygen atoms in total. The van der Waals surface area contributed by atoms with Crippen LogP contribution in [0.4, 0.5) is 10.6 Å². The monoisotopic (exact) mass is 345 g/mol. The average Bonchev–Trinajstić information content (AvgIpc) is 2.91. The van der Waals surface area contributed by atoms with Crippen LogP contribution in [-0.2, 0) is 11.3 Å². The van der Waals surface area contributed by atoms with Crippen molar-refractivity contribution in [2.45, 2.75) is 6.61 Å². The van der Waals surface area contributed by atoms with Gasteiger partial charge in [-0.2, -0.15) is 5.10 Å². The lowest BCUT2D eigenvalue weighted by Gasteiger charge is -2.05. The number of anilines is 1. The van der Waals surface area contributed by atoms with Gasteiger partial charge < -0.3 is 4.74 Å². The number of carbonyl (C=O) groups is 1. The van der Waals surface area contributed by atoms with Crippen LogP contribution in [-0.4, -0.2) is 16.3 Å². The Morgan fingerprint density at radius 1 is 1.19 bits per heavy atom. The molecular formula is C15H12BrN3O2. The Morgan fingerprint density at radius 2 is 2.00 bits per heavy atom. The smallest absolute Gasteiger partial charge is 0.413 e. The molecule has 1 heterocycles. The number of aromatic nitrogens is 2. The molecule has 0 saturated carbocycles. The van der Waals surface area contributed by atoms with Gasteiger partial charge in [-0.25, -0.2) is 4.79 Å². The van der Waals surface area contributed by atoms with Gasteiger partial charge in [-0.05, 0) is 33.6 Å². The van der Waals surface area contributed by atoms with Crippen LogP contribution < -0.4 is 5.32 Å². The first-order valence-electron chi connectivity index (χ1n) is 6.34. The molecule has 1 amide bonds. The molecule has 3 rings (SSSR count). The van der Waals surface area contributed by atoms with Gasteiger partial charge in [0.1, 0.15) is 6.61 Å². The number of hydrogen-bond donors (Lipinski definition) is 2. The number of nitrogens with one attached hydrogen (secondary N) is 2. The lowest BCUT2D eigenvalue weighted by molar-refractivity contribution is 0.155. The molecule has 1 aromatic heterocycles. The zero-order valence-corrected chi connectivity index (χ0v) is 12.6. The van der Waals surface area contributed by atoms with E-state index in [9.17, 15) is 4.79 Å². The van der Waals surface area contributed by atoms with Crippen LogP contribution in [0.1, 0.15) is 5.56 Å². The zero-order valence-electron chi connectivity index (χ0n) is 11.0. The van der Waals surface area contributed by atoms with Crippen LogP contribution >= 0.6 is 15.9 Å². The van der Waals surface area contributed by atoms with Crippen LogP contribution in [0.2, 0.25) is 0 Å². The fraction of sp³-hybridized carbons (Fsp3) is 0.0667. The van der Waals surface area contributed by atoms with E-state index < -0.39 is 6.09 Å². The molecule has 0 aliphatic heterocycles. The van der Waals surface area contributed by atoms with Crippen molar-refractivity contribution in [2.24, 2.45) is 0 Å². The summed E-state index contributed by atoms with van der Waals surface area (Å²) in [5.41, 5.74) is 1.77. The third-order valence-electron chi connectivity index (χ3n) is 2.97. The molecule has 0 saturated heterocycles. The number of nitrogens with zero attached hydrogens (tertiary/aromatic N) is 1. The number of fused-ring (bicyclic) bond motifs is 1. The first-order chi connectivity index (χ1) is 10.2. The van der Waals surface area contributed by atoms with Crippen LogP contribution in [0.5, 0.6) is 0 Å². The number of benzene rings is 2. The maximum Gasteiger partial charge on any atom is 0.413 e. The molecule has 0 aliphatic rings. The second-order valence-corrected chi connectivity index (χ2v) is 5.28. The van der Waals surface area contributed by atoms with Crippen molar-refractivity contribution in [2.75, 3.05) is 5.32 Å². The first-order valence-corrected chi connectivity index (χ1v) is 7.13. The number of amides is 1. The number of rotatable bonds is 3. The van der Waals surface area contributed by atoms with E-state index in [4.69, 9.17) is 4.74 Å². The predicted octanol–water partition coefficient (Wildman–Crippen LogP) is 4.07. The molecule has 106 valence electrons. The Hall–Kier alpha value is -2.34. The fourth-order valence-corrected chi connectivity index (χ4v) is 2.53. The topological polar surface area (TPSA) is 67.0 Å². The van der Waals surface area contributed by atoms with Gasteiger partial charge >= 0.3 is 6.09 Å². The molecule has 0 aliphatic carbocycles. The Labute approximate surface area is 129 Å². The van der Waals surface area contributed by atoms with Crippen LogP contribution in [0.3, 0.4) is 0 Å². The van der Waals surface area contributed by atoms with Crippen LogP contribution in [0.25, 0.3) is 10.9 Å². The number of hydrogen-bond acceptors (Lipinski definition) is 3. The summed E-state index contributed by atoms with van der Waals surface area (Å²) >= 11 is 3.44. The first kappa shape index (κ1) is 13.6. The fourth-order valence-electron chi connectivity index (χ4n) is 1.98. The molecule has 0 bridgehead atoms. The number of ether oxygens (including phenoxy) is 1. The van der Waals surface area contributed by atoms with Gasteiger partial charge in [0.15, 0.2) is 5.82 Å². The summed E-state index contributed by atoms with van der Waals surface area (Å²) in [6.07, 6.45) is -0.539. The van der Waals surface area contributed by atoms with Gasteiger partial charge in [-0.3, -0.25) is 10.4 Å². The minimum atomic E-state index is -0.539. The third-order valence-corrected chi connectivity index (χ3v) is 3.63. The van der Waals surface area contributed by atoms with Crippen molar-refractivity contribution in [1.82, 2.24) is 10.2 Å². The minimum absolute atomic E-state index is 0.218. The highest BCUT2D eigenvalue weighted by molar-refractivity contribution is 9.10. The third kappa shape index (κ3) is 3.05. The SMILES string of the molecule is O=C(Nc1n[nH]c2cccc(Br)c12)OCc1ccccc1. The summed E-state index contributed by atoms with van der Waals surface area (Å²) in [7, 11) is 0. The Kier molecular flexibility index (Phi) is 3.87. The molecular weight excluding hydrogens is 334 g/mol.